The average molecular weight is 561 g/mol. The van der Waals surface area contributed by atoms with Crippen molar-refractivity contribution in [2.45, 2.75) is 39.7 Å². The molecule has 0 aliphatic rings. The fraction of sp³-hybridized carbons (Fsp3) is 0.207. The summed E-state index contributed by atoms with van der Waals surface area (Å²) in [5.41, 5.74) is 4.27. The van der Waals surface area contributed by atoms with Crippen LogP contribution >= 0.6 is 0 Å². The molecule has 41 heavy (non-hydrogen) atoms. The van der Waals surface area contributed by atoms with Crippen LogP contribution in [0.2, 0.25) is 0 Å². The smallest absolute Gasteiger partial charge is 0.271 e. The zero-order valence-electron chi connectivity index (χ0n) is 22.5. The second kappa shape index (κ2) is 9.65. The van der Waals surface area contributed by atoms with E-state index in [4.69, 9.17) is 0 Å². The Morgan fingerprint density at radius 3 is 2.22 bits per heavy atom. The predicted molar refractivity (Wildman–Crippen MR) is 144 cm³/mol. The number of halogens is 4. The van der Waals surface area contributed by atoms with E-state index in [-0.39, 0.29) is 11.2 Å². The second-order valence-electron chi connectivity index (χ2n) is 10.00. The van der Waals surface area contributed by atoms with Crippen LogP contribution < -0.4 is 0 Å². The number of fused-ring (bicyclic) bond motifs is 1. The van der Waals surface area contributed by atoms with Gasteiger partial charge in [0, 0.05) is 35.6 Å². The van der Waals surface area contributed by atoms with Crippen molar-refractivity contribution >= 4 is 5.65 Å². The number of rotatable bonds is 6. The topological polar surface area (TPSA) is 78.7 Å². The van der Waals surface area contributed by atoms with Crippen LogP contribution in [-0.2, 0) is 0 Å². The Hall–Kier alpha value is -4.87. The Kier molecular flexibility index (Phi) is 6.20. The number of nitrogens with zero attached hydrogens (tertiary/aromatic N) is 8. The van der Waals surface area contributed by atoms with E-state index in [0.29, 0.717) is 34.2 Å². The second-order valence-corrected chi connectivity index (χ2v) is 10.00. The molecule has 0 unspecified atom stereocenters. The lowest BCUT2D eigenvalue weighted by Gasteiger charge is -2.24. The molecule has 1 aromatic carbocycles. The molecule has 0 bridgehead atoms. The molecule has 12 heteroatoms. The van der Waals surface area contributed by atoms with E-state index < -0.39 is 23.6 Å². The summed E-state index contributed by atoms with van der Waals surface area (Å²) in [6.45, 7) is 6.39. The highest BCUT2D eigenvalue weighted by atomic mass is 19.3. The van der Waals surface area contributed by atoms with E-state index >= 15 is 4.39 Å². The minimum absolute atomic E-state index is 0.0754. The standard InChI is InChI=1S/C29H24F4N8/c1-16-5-6-17(2)40(16)28-37-27-23(31)11-22(18(3)41(27)38-28)25-14-34-13-24(36-25)20-12-35-39(15-20)26(29(4,32)33)19-7-9-21(30)10-8-19/h5-15,26H,1-4H3/t26-/m1/s1. The lowest BCUT2D eigenvalue weighted by Crippen LogP contribution is -2.29. The average Bonchev–Trinajstić information content (AvgIpc) is 3.66. The number of aromatic nitrogens is 8. The third-order valence-corrected chi connectivity index (χ3v) is 7.00. The molecular weight excluding hydrogens is 536 g/mol. The van der Waals surface area contributed by atoms with Gasteiger partial charge in [-0.05, 0) is 56.7 Å². The van der Waals surface area contributed by atoms with Crippen LogP contribution in [0.15, 0.2) is 67.3 Å². The van der Waals surface area contributed by atoms with Crippen LogP contribution in [0.3, 0.4) is 0 Å². The molecule has 0 amide bonds. The predicted octanol–water partition coefficient (Wildman–Crippen LogP) is 6.29. The molecule has 208 valence electrons. The molecule has 5 aromatic heterocycles. The largest absolute Gasteiger partial charge is 0.286 e. The summed E-state index contributed by atoms with van der Waals surface area (Å²) in [5.74, 6) is -3.96. The van der Waals surface area contributed by atoms with Gasteiger partial charge in [0.05, 0.1) is 35.7 Å². The van der Waals surface area contributed by atoms with Crippen LogP contribution in [0.1, 0.15) is 35.6 Å². The Balaban J connectivity index is 1.39. The monoisotopic (exact) mass is 560 g/mol. The molecule has 8 nitrogen and oxygen atoms in total. The van der Waals surface area contributed by atoms with Crippen molar-refractivity contribution in [2.24, 2.45) is 0 Å². The summed E-state index contributed by atoms with van der Waals surface area (Å²) in [5, 5.41) is 8.72. The number of alkyl halides is 2. The number of benzene rings is 1. The van der Waals surface area contributed by atoms with Gasteiger partial charge in [0.25, 0.3) is 11.9 Å². The first-order valence-electron chi connectivity index (χ1n) is 12.7. The van der Waals surface area contributed by atoms with Gasteiger partial charge in [-0.15, -0.1) is 5.10 Å². The number of pyridine rings is 1. The molecule has 0 aliphatic carbocycles. The van der Waals surface area contributed by atoms with E-state index in [1.807, 2.05) is 30.5 Å². The minimum Gasteiger partial charge on any atom is -0.286 e. The van der Waals surface area contributed by atoms with E-state index in [2.05, 4.69) is 25.1 Å². The quantitative estimate of drug-likeness (QED) is 0.224. The van der Waals surface area contributed by atoms with Gasteiger partial charge in [-0.2, -0.15) is 10.1 Å². The van der Waals surface area contributed by atoms with Crippen molar-refractivity contribution in [3.63, 3.8) is 0 Å². The lowest BCUT2D eigenvalue weighted by molar-refractivity contribution is -0.0217. The van der Waals surface area contributed by atoms with Gasteiger partial charge in [0.15, 0.2) is 11.5 Å². The van der Waals surface area contributed by atoms with Gasteiger partial charge in [0.1, 0.15) is 11.9 Å². The molecule has 1 atom stereocenters. The van der Waals surface area contributed by atoms with Crippen LogP contribution in [-0.4, -0.2) is 44.8 Å². The van der Waals surface area contributed by atoms with E-state index in [9.17, 15) is 13.2 Å². The fourth-order valence-electron chi connectivity index (χ4n) is 5.01. The summed E-state index contributed by atoms with van der Waals surface area (Å²) in [4.78, 5) is 13.3. The summed E-state index contributed by atoms with van der Waals surface area (Å²) in [7, 11) is 0. The number of hydrogen-bond acceptors (Lipinski definition) is 5. The van der Waals surface area contributed by atoms with Crippen molar-refractivity contribution in [1.82, 2.24) is 38.9 Å². The van der Waals surface area contributed by atoms with Crippen LogP contribution in [0, 0.1) is 32.4 Å². The van der Waals surface area contributed by atoms with Gasteiger partial charge in [-0.3, -0.25) is 14.2 Å². The van der Waals surface area contributed by atoms with Crippen LogP contribution in [0.25, 0.3) is 34.1 Å². The zero-order chi connectivity index (χ0) is 29.1. The first-order chi connectivity index (χ1) is 19.5. The molecule has 0 fully saturated rings. The van der Waals surface area contributed by atoms with Crippen molar-refractivity contribution in [3.8, 4) is 28.5 Å². The Morgan fingerprint density at radius 2 is 1.54 bits per heavy atom. The first kappa shape index (κ1) is 26.4. The molecule has 6 aromatic rings. The Morgan fingerprint density at radius 1 is 0.854 bits per heavy atom. The summed E-state index contributed by atoms with van der Waals surface area (Å²) >= 11 is 0. The van der Waals surface area contributed by atoms with Gasteiger partial charge in [-0.1, -0.05) is 12.1 Å². The molecular formula is C29H24F4N8. The van der Waals surface area contributed by atoms with E-state index in [1.54, 1.807) is 6.92 Å². The van der Waals surface area contributed by atoms with Crippen molar-refractivity contribution < 1.29 is 17.6 Å². The Labute approximate surface area is 232 Å². The molecule has 0 saturated heterocycles. The van der Waals surface area contributed by atoms with Crippen molar-refractivity contribution in [1.29, 1.82) is 0 Å². The molecule has 0 aliphatic heterocycles. The van der Waals surface area contributed by atoms with E-state index in [0.717, 1.165) is 35.1 Å². The Bertz CT molecular complexity index is 1880. The van der Waals surface area contributed by atoms with Crippen LogP contribution in [0.5, 0.6) is 0 Å². The van der Waals surface area contributed by atoms with Gasteiger partial charge < -0.3 is 0 Å². The SMILES string of the molecule is Cc1ccc(C)n1-c1nc2c(F)cc(-c3cncc(-c4cnn([C@H](c5ccc(F)cc5)C(C)(F)F)c4)n3)c(C)n2n1. The van der Waals surface area contributed by atoms with Gasteiger partial charge in [-0.25, -0.2) is 27.1 Å². The van der Waals surface area contributed by atoms with E-state index in [1.165, 1.54) is 47.5 Å². The maximum Gasteiger partial charge on any atom is 0.271 e. The van der Waals surface area contributed by atoms with Gasteiger partial charge in [0.2, 0.25) is 0 Å². The number of aryl methyl sites for hydroxylation is 3. The third kappa shape index (κ3) is 4.64. The minimum atomic E-state index is -3.20. The summed E-state index contributed by atoms with van der Waals surface area (Å²) in [6.07, 6.45) is 5.79. The molecule has 0 N–H and O–H groups in total. The highest BCUT2D eigenvalue weighted by Gasteiger charge is 2.37. The van der Waals surface area contributed by atoms with Crippen molar-refractivity contribution in [2.75, 3.05) is 0 Å². The molecule has 6 rings (SSSR count). The number of hydrogen-bond donors (Lipinski definition) is 0. The maximum absolute atomic E-state index is 15.3. The highest BCUT2D eigenvalue weighted by molar-refractivity contribution is 5.68. The highest BCUT2D eigenvalue weighted by Crippen LogP contribution is 2.35. The first-order valence-corrected chi connectivity index (χ1v) is 12.7. The summed E-state index contributed by atoms with van der Waals surface area (Å²) in [6, 6.07) is 8.60. The summed E-state index contributed by atoms with van der Waals surface area (Å²) < 4.78 is 62.5. The maximum atomic E-state index is 15.3. The third-order valence-electron chi connectivity index (χ3n) is 7.00. The van der Waals surface area contributed by atoms with Gasteiger partial charge >= 0.3 is 0 Å². The normalized spacial score (nSPS) is 12.8. The molecule has 0 radical (unpaired) electrons. The molecule has 0 spiro atoms. The van der Waals surface area contributed by atoms with Crippen LogP contribution in [0.4, 0.5) is 17.6 Å². The van der Waals surface area contributed by atoms with Crippen molar-refractivity contribution in [3.05, 3.63) is 102 Å². The lowest BCUT2D eigenvalue weighted by atomic mass is 10.0. The zero-order valence-corrected chi connectivity index (χ0v) is 22.5. The molecule has 5 heterocycles. The molecule has 0 saturated carbocycles. The fourth-order valence-corrected chi connectivity index (χ4v) is 5.01.